The van der Waals surface area contributed by atoms with Crippen LogP contribution in [-0.2, 0) is 0 Å². The second-order valence-electron chi connectivity index (χ2n) is 5.25. The number of imidazole rings is 1. The first-order valence-electron chi connectivity index (χ1n) is 7.04. The Morgan fingerprint density at radius 3 is 2.90 bits per heavy atom. The standard InChI is InChI=1S/C14H16N4S2/c1-2-4-11(5-3-1)15-13-17-18-8-12(16-14(18)20-13)10-6-7-19-9-10/h6-9,11H,1-5H2,(H,15,17). The molecule has 1 saturated carbocycles. The summed E-state index contributed by atoms with van der Waals surface area (Å²) in [5.74, 6) is 0. The van der Waals surface area contributed by atoms with Crippen LogP contribution in [0.15, 0.2) is 23.0 Å². The summed E-state index contributed by atoms with van der Waals surface area (Å²) in [4.78, 5) is 5.62. The van der Waals surface area contributed by atoms with E-state index >= 15 is 0 Å². The van der Waals surface area contributed by atoms with Gasteiger partial charge >= 0.3 is 0 Å². The van der Waals surface area contributed by atoms with Crippen LogP contribution >= 0.6 is 22.7 Å². The van der Waals surface area contributed by atoms with Gasteiger partial charge in [0.25, 0.3) is 0 Å². The molecular formula is C14H16N4S2. The normalized spacial score (nSPS) is 16.8. The molecule has 0 spiro atoms. The van der Waals surface area contributed by atoms with Crippen molar-refractivity contribution >= 4 is 32.8 Å². The van der Waals surface area contributed by atoms with Crippen molar-refractivity contribution in [3.63, 3.8) is 0 Å². The van der Waals surface area contributed by atoms with Crippen molar-refractivity contribution in [2.75, 3.05) is 5.32 Å². The zero-order valence-electron chi connectivity index (χ0n) is 11.1. The van der Waals surface area contributed by atoms with Crippen LogP contribution in [0.5, 0.6) is 0 Å². The highest BCUT2D eigenvalue weighted by Crippen LogP contribution is 2.27. The molecule has 0 amide bonds. The third kappa shape index (κ3) is 2.33. The molecule has 1 fully saturated rings. The van der Waals surface area contributed by atoms with Gasteiger partial charge in [0.1, 0.15) is 0 Å². The van der Waals surface area contributed by atoms with E-state index in [-0.39, 0.29) is 0 Å². The quantitative estimate of drug-likeness (QED) is 0.786. The molecule has 20 heavy (non-hydrogen) atoms. The maximum atomic E-state index is 4.65. The molecule has 0 radical (unpaired) electrons. The van der Waals surface area contributed by atoms with Crippen LogP contribution in [0.1, 0.15) is 32.1 Å². The molecule has 4 rings (SSSR count). The minimum atomic E-state index is 0.593. The van der Waals surface area contributed by atoms with Crippen molar-refractivity contribution in [2.45, 2.75) is 38.1 Å². The number of anilines is 1. The third-order valence-corrected chi connectivity index (χ3v) is 5.33. The van der Waals surface area contributed by atoms with Gasteiger partial charge in [0.05, 0.1) is 11.9 Å². The SMILES string of the molecule is c1cc(-c2cn3nc(NC4CCCCC4)sc3n2)cs1. The number of nitrogens with zero attached hydrogens (tertiary/aromatic N) is 3. The zero-order valence-corrected chi connectivity index (χ0v) is 12.7. The Hall–Kier alpha value is -1.40. The lowest BCUT2D eigenvalue weighted by atomic mass is 9.96. The van der Waals surface area contributed by atoms with Gasteiger partial charge in [-0.2, -0.15) is 11.3 Å². The summed E-state index contributed by atoms with van der Waals surface area (Å²) in [6.07, 6.45) is 8.60. The molecule has 0 aromatic carbocycles. The number of nitrogens with one attached hydrogen (secondary N) is 1. The number of fused-ring (bicyclic) bond motifs is 1. The molecule has 4 nitrogen and oxygen atoms in total. The third-order valence-electron chi connectivity index (χ3n) is 3.79. The van der Waals surface area contributed by atoms with E-state index in [1.165, 1.54) is 37.7 Å². The van der Waals surface area contributed by atoms with Crippen LogP contribution in [0.25, 0.3) is 16.2 Å². The molecule has 104 valence electrons. The van der Waals surface area contributed by atoms with Gasteiger partial charge in [-0.1, -0.05) is 30.6 Å². The van der Waals surface area contributed by atoms with Crippen LogP contribution in [-0.4, -0.2) is 20.6 Å². The summed E-state index contributed by atoms with van der Waals surface area (Å²) in [6.45, 7) is 0. The molecule has 0 bridgehead atoms. The van der Waals surface area contributed by atoms with Crippen LogP contribution < -0.4 is 5.32 Å². The molecule has 3 aromatic rings. The van der Waals surface area contributed by atoms with E-state index in [9.17, 15) is 0 Å². The van der Waals surface area contributed by atoms with Crippen molar-refractivity contribution in [3.05, 3.63) is 23.0 Å². The number of thiophene rings is 1. The van der Waals surface area contributed by atoms with Gasteiger partial charge in [-0.3, -0.25) is 0 Å². The van der Waals surface area contributed by atoms with Crippen LogP contribution in [0, 0.1) is 0 Å². The minimum absolute atomic E-state index is 0.593. The van der Waals surface area contributed by atoms with E-state index in [4.69, 9.17) is 0 Å². The first kappa shape index (κ1) is 12.3. The van der Waals surface area contributed by atoms with Gasteiger partial charge in [-0.15, -0.1) is 5.10 Å². The maximum absolute atomic E-state index is 4.65. The predicted molar refractivity (Wildman–Crippen MR) is 84.7 cm³/mol. The second-order valence-corrected chi connectivity index (χ2v) is 6.99. The summed E-state index contributed by atoms with van der Waals surface area (Å²) >= 11 is 3.34. The Bertz CT molecular complexity index is 660. The fourth-order valence-corrected chi connectivity index (χ4v) is 4.24. The molecule has 3 heterocycles. The first-order chi connectivity index (χ1) is 9.88. The molecule has 1 aliphatic carbocycles. The molecule has 1 aliphatic rings. The lowest BCUT2D eigenvalue weighted by Crippen LogP contribution is -2.22. The molecule has 0 unspecified atom stereocenters. The molecule has 0 saturated heterocycles. The fraction of sp³-hybridized carbons (Fsp3) is 0.429. The molecule has 3 aromatic heterocycles. The van der Waals surface area contributed by atoms with Gasteiger partial charge in [-0.05, 0) is 24.3 Å². The highest BCUT2D eigenvalue weighted by atomic mass is 32.1. The minimum Gasteiger partial charge on any atom is -0.357 e. The van der Waals surface area contributed by atoms with Gasteiger partial charge in [0.15, 0.2) is 0 Å². The van der Waals surface area contributed by atoms with Gasteiger partial charge < -0.3 is 5.32 Å². The lowest BCUT2D eigenvalue weighted by Gasteiger charge is -2.21. The summed E-state index contributed by atoms with van der Waals surface area (Å²) < 4.78 is 1.89. The van der Waals surface area contributed by atoms with Crippen LogP contribution in [0.3, 0.4) is 0 Å². The number of hydrogen-bond acceptors (Lipinski definition) is 5. The van der Waals surface area contributed by atoms with Crippen molar-refractivity contribution in [1.82, 2.24) is 14.6 Å². The van der Waals surface area contributed by atoms with E-state index in [1.807, 2.05) is 10.7 Å². The Labute approximate surface area is 125 Å². The van der Waals surface area contributed by atoms with E-state index in [2.05, 4.69) is 32.2 Å². The number of rotatable bonds is 3. The van der Waals surface area contributed by atoms with Crippen LogP contribution in [0.2, 0.25) is 0 Å². The fourth-order valence-electron chi connectivity index (χ4n) is 2.73. The first-order valence-corrected chi connectivity index (χ1v) is 8.80. The summed E-state index contributed by atoms with van der Waals surface area (Å²) in [6, 6.07) is 2.69. The number of aromatic nitrogens is 3. The van der Waals surface area contributed by atoms with E-state index in [0.717, 1.165) is 15.8 Å². The van der Waals surface area contributed by atoms with Crippen LogP contribution in [0.4, 0.5) is 5.13 Å². The van der Waals surface area contributed by atoms with Crippen molar-refractivity contribution in [1.29, 1.82) is 0 Å². The highest BCUT2D eigenvalue weighted by Gasteiger charge is 2.16. The lowest BCUT2D eigenvalue weighted by molar-refractivity contribution is 0.462. The summed E-state index contributed by atoms with van der Waals surface area (Å²) in [5, 5.41) is 13.4. The highest BCUT2D eigenvalue weighted by molar-refractivity contribution is 7.20. The molecule has 1 N–H and O–H groups in total. The van der Waals surface area contributed by atoms with Crippen molar-refractivity contribution < 1.29 is 0 Å². The summed E-state index contributed by atoms with van der Waals surface area (Å²) in [5.41, 5.74) is 2.18. The Morgan fingerprint density at radius 2 is 2.15 bits per heavy atom. The monoisotopic (exact) mass is 304 g/mol. The number of hydrogen-bond donors (Lipinski definition) is 1. The largest absolute Gasteiger partial charge is 0.357 e. The second kappa shape index (κ2) is 5.18. The topological polar surface area (TPSA) is 42.2 Å². The Morgan fingerprint density at radius 1 is 1.25 bits per heavy atom. The zero-order chi connectivity index (χ0) is 13.4. The Kier molecular flexibility index (Phi) is 3.20. The summed E-state index contributed by atoms with van der Waals surface area (Å²) in [7, 11) is 0. The predicted octanol–water partition coefficient (Wildman–Crippen LogP) is 4.26. The average Bonchev–Trinajstić information content (AvgIpc) is 3.13. The van der Waals surface area contributed by atoms with E-state index in [0.29, 0.717) is 6.04 Å². The van der Waals surface area contributed by atoms with Gasteiger partial charge in [-0.25, -0.2) is 9.50 Å². The molecular weight excluding hydrogens is 288 g/mol. The van der Waals surface area contributed by atoms with E-state index in [1.54, 1.807) is 22.7 Å². The molecule has 0 atom stereocenters. The molecule has 6 heteroatoms. The molecule has 0 aliphatic heterocycles. The average molecular weight is 304 g/mol. The smallest absolute Gasteiger partial charge is 0.214 e. The van der Waals surface area contributed by atoms with E-state index < -0.39 is 0 Å². The van der Waals surface area contributed by atoms with Crippen molar-refractivity contribution in [2.24, 2.45) is 0 Å². The van der Waals surface area contributed by atoms with Gasteiger partial charge in [0.2, 0.25) is 10.1 Å². The maximum Gasteiger partial charge on any atom is 0.214 e. The van der Waals surface area contributed by atoms with Crippen molar-refractivity contribution in [3.8, 4) is 11.3 Å². The Balaban J connectivity index is 1.56. The van der Waals surface area contributed by atoms with Gasteiger partial charge in [0, 0.05) is 17.0 Å².